The number of benzene rings is 3. The summed E-state index contributed by atoms with van der Waals surface area (Å²) in [6, 6.07) is 25.3. The molecule has 0 bridgehead atoms. The highest BCUT2D eigenvalue weighted by Gasteiger charge is 2.22. The van der Waals surface area contributed by atoms with Crippen molar-refractivity contribution in [2.24, 2.45) is 0 Å². The number of carbonyl (C=O) groups is 2. The lowest BCUT2D eigenvalue weighted by Crippen LogP contribution is -2.48. The van der Waals surface area contributed by atoms with Gasteiger partial charge in [-0.05, 0) is 66.9 Å². The molecule has 0 atom stereocenters. The van der Waals surface area contributed by atoms with Crippen LogP contribution in [-0.2, 0) is 6.42 Å². The zero-order valence-corrected chi connectivity index (χ0v) is 19.9. The molecule has 1 saturated heterocycles. The average molecular weight is 456 g/mol. The summed E-state index contributed by atoms with van der Waals surface area (Å²) in [4.78, 5) is 29.5. The molecule has 1 aliphatic heterocycles. The van der Waals surface area contributed by atoms with Crippen LogP contribution in [0.4, 0.5) is 11.4 Å². The maximum atomic E-state index is 12.7. The van der Waals surface area contributed by atoms with Crippen LogP contribution in [0.25, 0.3) is 0 Å². The number of nitrogens with zero attached hydrogens (tertiary/aromatic N) is 2. The molecule has 0 saturated carbocycles. The molecule has 0 aromatic heterocycles. The van der Waals surface area contributed by atoms with E-state index in [-0.39, 0.29) is 11.8 Å². The first kappa shape index (κ1) is 23.6. The molecule has 4 rings (SSSR count). The topological polar surface area (TPSA) is 52.7 Å². The van der Waals surface area contributed by atoms with Gasteiger partial charge in [-0.2, -0.15) is 0 Å². The Bertz CT molecular complexity index is 1070. The Labute approximate surface area is 202 Å². The van der Waals surface area contributed by atoms with Crippen molar-refractivity contribution in [2.45, 2.75) is 32.6 Å². The molecule has 5 heteroatoms. The average Bonchev–Trinajstić information content (AvgIpc) is 2.90. The predicted molar refractivity (Wildman–Crippen MR) is 139 cm³/mol. The largest absolute Gasteiger partial charge is 0.368 e. The standard InChI is InChI=1S/C29H33N3O2/c1-2-3-5-8-23-11-13-24(14-12-23)28(33)30-26-15-17-27(18-16-26)31-19-21-32(22-20-31)29(34)25-9-6-4-7-10-25/h4,6-7,9-18H,2-3,5,8,19-22H2,1H3,(H,30,33). The Morgan fingerprint density at radius 1 is 0.765 bits per heavy atom. The molecule has 3 aromatic rings. The van der Waals surface area contributed by atoms with Crippen LogP contribution < -0.4 is 10.2 Å². The number of carbonyl (C=O) groups excluding carboxylic acids is 2. The molecule has 0 spiro atoms. The van der Waals surface area contributed by atoms with Crippen molar-refractivity contribution >= 4 is 23.2 Å². The number of anilines is 2. The summed E-state index contributed by atoms with van der Waals surface area (Å²) in [5.74, 6) is -0.00630. The molecule has 176 valence electrons. The molecular formula is C29H33N3O2. The minimum absolute atomic E-state index is 0.0901. The number of piperazine rings is 1. The Morgan fingerprint density at radius 3 is 2.09 bits per heavy atom. The van der Waals surface area contributed by atoms with Crippen LogP contribution in [0, 0.1) is 0 Å². The maximum Gasteiger partial charge on any atom is 0.255 e. The van der Waals surface area contributed by atoms with E-state index in [1.807, 2.05) is 71.6 Å². The quantitative estimate of drug-likeness (QED) is 0.448. The van der Waals surface area contributed by atoms with E-state index in [1.165, 1.54) is 24.8 Å². The van der Waals surface area contributed by atoms with Crippen LogP contribution >= 0.6 is 0 Å². The SMILES string of the molecule is CCCCCc1ccc(C(=O)Nc2ccc(N3CCN(C(=O)c4ccccc4)CC3)cc2)cc1. The third kappa shape index (κ3) is 6.04. The fourth-order valence-corrected chi connectivity index (χ4v) is 4.29. The van der Waals surface area contributed by atoms with Gasteiger partial charge in [-0.25, -0.2) is 0 Å². The number of amides is 2. The van der Waals surface area contributed by atoms with Gasteiger partial charge in [-0.1, -0.05) is 50.1 Å². The Morgan fingerprint density at radius 2 is 1.44 bits per heavy atom. The number of hydrogen-bond donors (Lipinski definition) is 1. The minimum atomic E-state index is -0.0964. The van der Waals surface area contributed by atoms with Crippen LogP contribution in [0.3, 0.4) is 0 Å². The van der Waals surface area contributed by atoms with Crippen LogP contribution in [0.15, 0.2) is 78.9 Å². The van der Waals surface area contributed by atoms with Crippen LogP contribution in [0.5, 0.6) is 0 Å². The van der Waals surface area contributed by atoms with Gasteiger partial charge in [0, 0.05) is 48.7 Å². The number of hydrogen-bond acceptors (Lipinski definition) is 3. The zero-order chi connectivity index (χ0) is 23.8. The number of unbranched alkanes of at least 4 members (excludes halogenated alkanes) is 2. The van der Waals surface area contributed by atoms with Crippen molar-refractivity contribution in [1.82, 2.24) is 4.90 Å². The van der Waals surface area contributed by atoms with E-state index < -0.39 is 0 Å². The summed E-state index contributed by atoms with van der Waals surface area (Å²) in [6.45, 7) is 5.17. The summed E-state index contributed by atoms with van der Waals surface area (Å²) in [6.07, 6.45) is 4.70. The van der Waals surface area contributed by atoms with Crippen molar-refractivity contribution in [3.63, 3.8) is 0 Å². The fourth-order valence-electron chi connectivity index (χ4n) is 4.29. The lowest BCUT2D eigenvalue weighted by Gasteiger charge is -2.36. The Kier molecular flexibility index (Phi) is 7.97. The van der Waals surface area contributed by atoms with Crippen molar-refractivity contribution in [3.8, 4) is 0 Å². The summed E-state index contributed by atoms with van der Waals surface area (Å²) in [7, 11) is 0. The molecule has 1 fully saturated rings. The van der Waals surface area contributed by atoms with Gasteiger partial charge in [-0.15, -0.1) is 0 Å². The molecule has 0 radical (unpaired) electrons. The van der Waals surface area contributed by atoms with E-state index in [0.717, 1.165) is 36.4 Å². The minimum Gasteiger partial charge on any atom is -0.368 e. The Hall–Kier alpha value is -3.60. The molecule has 0 unspecified atom stereocenters. The highest BCUT2D eigenvalue weighted by Crippen LogP contribution is 2.21. The van der Waals surface area contributed by atoms with Gasteiger partial charge in [0.25, 0.3) is 11.8 Å². The second-order valence-corrected chi connectivity index (χ2v) is 8.80. The smallest absolute Gasteiger partial charge is 0.255 e. The van der Waals surface area contributed by atoms with Gasteiger partial charge in [0.2, 0.25) is 0 Å². The second-order valence-electron chi connectivity index (χ2n) is 8.80. The molecular weight excluding hydrogens is 422 g/mol. The molecule has 5 nitrogen and oxygen atoms in total. The number of nitrogens with one attached hydrogen (secondary N) is 1. The molecule has 1 aliphatic rings. The zero-order valence-electron chi connectivity index (χ0n) is 19.9. The molecule has 3 aromatic carbocycles. The first-order valence-electron chi connectivity index (χ1n) is 12.2. The van der Waals surface area contributed by atoms with Gasteiger partial charge in [0.15, 0.2) is 0 Å². The van der Waals surface area contributed by atoms with Crippen molar-refractivity contribution in [2.75, 3.05) is 36.4 Å². The monoisotopic (exact) mass is 455 g/mol. The molecule has 1 N–H and O–H groups in total. The van der Waals surface area contributed by atoms with Gasteiger partial charge in [-0.3, -0.25) is 9.59 Å². The van der Waals surface area contributed by atoms with E-state index in [2.05, 4.69) is 29.3 Å². The highest BCUT2D eigenvalue weighted by molar-refractivity contribution is 6.04. The molecule has 34 heavy (non-hydrogen) atoms. The van der Waals surface area contributed by atoms with Crippen LogP contribution in [-0.4, -0.2) is 42.9 Å². The van der Waals surface area contributed by atoms with Gasteiger partial charge >= 0.3 is 0 Å². The maximum absolute atomic E-state index is 12.7. The van der Waals surface area contributed by atoms with E-state index in [4.69, 9.17) is 0 Å². The summed E-state index contributed by atoms with van der Waals surface area (Å²) in [5, 5.41) is 2.99. The van der Waals surface area contributed by atoms with E-state index >= 15 is 0 Å². The third-order valence-electron chi connectivity index (χ3n) is 6.36. The summed E-state index contributed by atoms with van der Waals surface area (Å²) in [5.41, 5.74) is 4.56. The highest BCUT2D eigenvalue weighted by atomic mass is 16.2. The van der Waals surface area contributed by atoms with Gasteiger partial charge < -0.3 is 15.1 Å². The fraction of sp³-hybridized carbons (Fsp3) is 0.310. The molecule has 0 aliphatic carbocycles. The Balaban J connectivity index is 1.28. The first-order valence-corrected chi connectivity index (χ1v) is 12.2. The molecule has 2 amide bonds. The van der Waals surface area contributed by atoms with E-state index in [1.54, 1.807) is 0 Å². The van der Waals surface area contributed by atoms with Gasteiger partial charge in [0.1, 0.15) is 0 Å². The second kappa shape index (κ2) is 11.5. The third-order valence-corrected chi connectivity index (χ3v) is 6.36. The normalized spacial score (nSPS) is 13.6. The summed E-state index contributed by atoms with van der Waals surface area (Å²) >= 11 is 0. The van der Waals surface area contributed by atoms with E-state index in [0.29, 0.717) is 18.7 Å². The lowest BCUT2D eigenvalue weighted by atomic mass is 10.1. The van der Waals surface area contributed by atoms with Crippen LogP contribution in [0.2, 0.25) is 0 Å². The number of aryl methyl sites for hydroxylation is 1. The van der Waals surface area contributed by atoms with Gasteiger partial charge in [0.05, 0.1) is 0 Å². The van der Waals surface area contributed by atoms with Crippen molar-refractivity contribution in [3.05, 3.63) is 95.6 Å². The molecule has 1 heterocycles. The first-order chi connectivity index (χ1) is 16.6. The summed E-state index contributed by atoms with van der Waals surface area (Å²) < 4.78 is 0. The van der Waals surface area contributed by atoms with Crippen molar-refractivity contribution < 1.29 is 9.59 Å². The van der Waals surface area contributed by atoms with Crippen molar-refractivity contribution in [1.29, 1.82) is 0 Å². The predicted octanol–water partition coefficient (Wildman–Crippen LogP) is 5.63. The lowest BCUT2D eigenvalue weighted by molar-refractivity contribution is 0.0746. The van der Waals surface area contributed by atoms with Crippen LogP contribution in [0.1, 0.15) is 52.5 Å². The van der Waals surface area contributed by atoms with E-state index in [9.17, 15) is 9.59 Å². The number of rotatable bonds is 8.